The Hall–Kier alpha value is -5.54. The van der Waals surface area contributed by atoms with Crippen LogP contribution >= 0.6 is 0 Å². The third kappa shape index (κ3) is 9.42. The summed E-state index contributed by atoms with van der Waals surface area (Å²) >= 11 is 0. The Bertz CT molecular complexity index is 2240. The van der Waals surface area contributed by atoms with Gasteiger partial charge in [-0.3, -0.25) is 0 Å². The molecule has 0 radical (unpaired) electrons. The summed E-state index contributed by atoms with van der Waals surface area (Å²) in [5.41, 5.74) is 12.4. The molecular formula is C43H60N14O. The van der Waals surface area contributed by atoms with Crippen molar-refractivity contribution in [1.82, 2.24) is 44.5 Å². The van der Waals surface area contributed by atoms with Crippen LogP contribution in [0, 0.1) is 0 Å². The van der Waals surface area contributed by atoms with Gasteiger partial charge in [-0.05, 0) is 81.2 Å². The van der Waals surface area contributed by atoms with Crippen molar-refractivity contribution in [2.24, 2.45) is 5.73 Å². The topological polar surface area (TPSA) is 173 Å². The molecule has 2 unspecified atom stereocenters. The van der Waals surface area contributed by atoms with E-state index >= 15 is 0 Å². The van der Waals surface area contributed by atoms with E-state index in [-0.39, 0.29) is 18.1 Å². The fraction of sp³-hybridized carbons (Fsp3) is 0.488. The average molecular weight is 789 g/mol. The molecule has 3 atom stereocenters. The van der Waals surface area contributed by atoms with Crippen molar-refractivity contribution in [3.05, 3.63) is 89.2 Å². The van der Waals surface area contributed by atoms with E-state index in [9.17, 15) is 0 Å². The highest BCUT2D eigenvalue weighted by molar-refractivity contribution is 5.58. The maximum absolute atomic E-state index is 6.09. The lowest BCUT2D eigenvalue weighted by Gasteiger charge is -2.30. The van der Waals surface area contributed by atoms with Gasteiger partial charge >= 0.3 is 0 Å². The molecule has 308 valence electrons. The molecule has 0 amide bonds. The molecule has 15 heteroatoms. The van der Waals surface area contributed by atoms with Gasteiger partial charge in [0, 0.05) is 42.8 Å². The molecule has 2 aromatic carbocycles. The van der Waals surface area contributed by atoms with Crippen molar-refractivity contribution >= 4 is 35.1 Å². The minimum absolute atomic E-state index is 0.0209. The number of methoxy groups -OCH3 is 1. The first-order valence-corrected chi connectivity index (χ1v) is 20.8. The second kappa shape index (κ2) is 18.4. The summed E-state index contributed by atoms with van der Waals surface area (Å²) in [6.45, 7) is 16.6. The van der Waals surface area contributed by atoms with Crippen LogP contribution in [0.3, 0.4) is 0 Å². The van der Waals surface area contributed by atoms with E-state index in [1.165, 1.54) is 12.0 Å². The Kier molecular flexibility index (Phi) is 12.9. The van der Waals surface area contributed by atoms with Crippen molar-refractivity contribution in [3.8, 4) is 5.75 Å². The van der Waals surface area contributed by atoms with Crippen LogP contribution in [0.15, 0.2) is 67.0 Å². The molecule has 8 rings (SSSR count). The molecule has 0 bridgehead atoms. The smallest absolute Gasteiger partial charge is 0.230 e. The van der Waals surface area contributed by atoms with E-state index in [1.54, 1.807) is 7.11 Å². The van der Waals surface area contributed by atoms with Gasteiger partial charge in [0.05, 0.1) is 31.6 Å². The van der Waals surface area contributed by atoms with E-state index < -0.39 is 0 Å². The van der Waals surface area contributed by atoms with E-state index in [1.807, 2.05) is 45.7 Å². The lowest BCUT2D eigenvalue weighted by atomic mass is 10.1. The molecule has 2 fully saturated rings. The quantitative estimate of drug-likeness (QED) is 0.0864. The third-order valence-electron chi connectivity index (χ3n) is 11.1. The second-order valence-electron chi connectivity index (χ2n) is 16.1. The highest BCUT2D eigenvalue weighted by Crippen LogP contribution is 2.28. The highest BCUT2D eigenvalue weighted by atomic mass is 16.5. The summed E-state index contributed by atoms with van der Waals surface area (Å²) in [5, 5.41) is 23.2. The van der Waals surface area contributed by atoms with Crippen LogP contribution in [0.4, 0.5) is 23.8 Å². The number of nitrogens with two attached hydrogens (primary N) is 1. The molecule has 0 saturated carbocycles. The van der Waals surface area contributed by atoms with Gasteiger partial charge in [-0.15, -0.1) is 0 Å². The lowest BCUT2D eigenvalue weighted by Crippen LogP contribution is -2.40. The van der Waals surface area contributed by atoms with Crippen molar-refractivity contribution in [1.29, 1.82) is 0 Å². The largest absolute Gasteiger partial charge is 0.497 e. The monoisotopic (exact) mass is 789 g/mol. The van der Waals surface area contributed by atoms with Crippen LogP contribution in [0.25, 0.3) is 11.3 Å². The number of rotatable bonds is 12. The van der Waals surface area contributed by atoms with Gasteiger partial charge in [0.1, 0.15) is 5.75 Å². The van der Waals surface area contributed by atoms with Crippen molar-refractivity contribution in [2.45, 2.75) is 103 Å². The Balaban J connectivity index is 0.000000177. The number of anilines is 4. The van der Waals surface area contributed by atoms with Gasteiger partial charge in [0.15, 0.2) is 11.3 Å². The van der Waals surface area contributed by atoms with Crippen molar-refractivity contribution in [3.63, 3.8) is 0 Å². The molecule has 2 saturated heterocycles. The molecule has 6 N–H and O–H groups in total. The van der Waals surface area contributed by atoms with E-state index in [0.717, 1.165) is 85.1 Å². The number of nitrogens with zero attached hydrogens (tertiary/aromatic N) is 9. The first-order chi connectivity index (χ1) is 28.1. The van der Waals surface area contributed by atoms with Crippen LogP contribution in [-0.2, 0) is 0 Å². The SMILES string of the molecule is CC(C)c1cnn2c(N[C@@H](C)c3ccccc3)nc(NC3CCCNC3)nc12.COc1cccc(C(C)Nc2nc(N3CCC(N)CC3)nc3c(C(C)C)cnn23)c1. The van der Waals surface area contributed by atoms with Crippen LogP contribution in [0.1, 0.15) is 113 Å². The lowest BCUT2D eigenvalue weighted by molar-refractivity contribution is 0.414. The molecule has 6 heterocycles. The van der Waals surface area contributed by atoms with E-state index in [4.69, 9.17) is 30.4 Å². The number of piperidine rings is 2. The minimum Gasteiger partial charge on any atom is -0.497 e. The molecule has 15 nitrogen and oxygen atoms in total. The Morgan fingerprint density at radius 1 is 0.741 bits per heavy atom. The summed E-state index contributed by atoms with van der Waals surface area (Å²) in [6.07, 6.45) is 7.99. The maximum atomic E-state index is 6.09. The molecular weight excluding hydrogens is 729 g/mol. The van der Waals surface area contributed by atoms with E-state index in [2.05, 4.69) is 108 Å². The third-order valence-corrected chi connectivity index (χ3v) is 11.1. The van der Waals surface area contributed by atoms with Crippen LogP contribution in [0.5, 0.6) is 5.75 Å². The van der Waals surface area contributed by atoms with Gasteiger partial charge in [0.25, 0.3) is 0 Å². The summed E-state index contributed by atoms with van der Waals surface area (Å²) in [7, 11) is 1.68. The Morgan fingerprint density at radius 3 is 1.98 bits per heavy atom. The van der Waals surface area contributed by atoms with E-state index in [0.29, 0.717) is 35.7 Å². The number of fused-ring (bicyclic) bond motifs is 2. The fourth-order valence-corrected chi connectivity index (χ4v) is 7.45. The summed E-state index contributed by atoms with van der Waals surface area (Å²) in [4.78, 5) is 21.5. The molecule has 58 heavy (non-hydrogen) atoms. The summed E-state index contributed by atoms with van der Waals surface area (Å²) < 4.78 is 9.00. The Labute approximate surface area is 341 Å². The average Bonchev–Trinajstić information content (AvgIpc) is 3.88. The Morgan fingerprint density at radius 2 is 1.36 bits per heavy atom. The van der Waals surface area contributed by atoms with Gasteiger partial charge in [0.2, 0.25) is 23.8 Å². The van der Waals surface area contributed by atoms with Gasteiger partial charge in [-0.25, -0.2) is 0 Å². The number of benzene rings is 2. The normalized spacial score (nSPS) is 17.3. The number of nitrogens with one attached hydrogen (secondary N) is 4. The van der Waals surface area contributed by atoms with Crippen LogP contribution < -0.4 is 36.6 Å². The van der Waals surface area contributed by atoms with Gasteiger partial charge in [-0.1, -0.05) is 70.2 Å². The fourth-order valence-electron chi connectivity index (χ4n) is 7.45. The van der Waals surface area contributed by atoms with Crippen molar-refractivity contribution < 1.29 is 4.74 Å². The maximum Gasteiger partial charge on any atom is 0.230 e. The molecule has 0 aliphatic carbocycles. The predicted molar refractivity (Wildman–Crippen MR) is 232 cm³/mol. The highest BCUT2D eigenvalue weighted by Gasteiger charge is 2.24. The molecule has 2 aliphatic rings. The molecule has 4 aromatic heterocycles. The van der Waals surface area contributed by atoms with Crippen LogP contribution in [-0.4, -0.2) is 84.5 Å². The molecule has 0 spiro atoms. The standard InChI is InChI=1S/C22H31N7O.C21H29N7/c1-14(2)19-13-24-29-20(19)26-21(28-10-8-17(23)9-11-28)27-22(29)25-15(3)16-6-5-7-18(12-16)30-4;1-14(2)18-13-23-28-19(18)26-20(25-17-10-7-11-22-12-17)27-21(28)24-15(3)16-8-5-4-6-9-16/h5-7,12-15,17H,8-11,23H2,1-4H3,(H,25,26,27);4-6,8-9,13-15,17,22H,7,10-12H2,1-3H3,(H2,24,25,26,27)/t;15-,17?/m.0/s1. The second-order valence-corrected chi connectivity index (χ2v) is 16.1. The zero-order chi connectivity index (χ0) is 40.8. The number of aromatic nitrogens is 8. The number of hydrogen-bond acceptors (Lipinski definition) is 13. The zero-order valence-electron chi connectivity index (χ0n) is 35.0. The van der Waals surface area contributed by atoms with Crippen molar-refractivity contribution in [2.75, 3.05) is 54.1 Å². The number of ether oxygens (including phenoxy) is 1. The summed E-state index contributed by atoms with van der Waals surface area (Å²) in [6, 6.07) is 19.2. The zero-order valence-corrected chi connectivity index (χ0v) is 35.0. The first-order valence-electron chi connectivity index (χ1n) is 20.8. The van der Waals surface area contributed by atoms with Gasteiger partial charge < -0.3 is 36.6 Å². The van der Waals surface area contributed by atoms with Crippen LogP contribution in [0.2, 0.25) is 0 Å². The van der Waals surface area contributed by atoms with Gasteiger partial charge in [-0.2, -0.15) is 39.2 Å². The molecule has 2 aliphatic heterocycles. The summed E-state index contributed by atoms with van der Waals surface area (Å²) in [5.74, 6) is 4.29. The first kappa shape index (κ1) is 40.6. The minimum atomic E-state index is 0.0209. The molecule has 6 aromatic rings. The predicted octanol–water partition coefficient (Wildman–Crippen LogP) is 6.94. The number of hydrogen-bond donors (Lipinski definition) is 5.